The molecule has 2 aromatic rings. The van der Waals surface area contributed by atoms with E-state index in [0.29, 0.717) is 5.92 Å². The number of carbonyl (C=O) groups excluding carboxylic acids is 1. The van der Waals surface area contributed by atoms with Gasteiger partial charge in [-0.1, -0.05) is 38.1 Å². The number of carbonyl (C=O) groups is 1. The van der Waals surface area contributed by atoms with Crippen molar-refractivity contribution in [3.8, 4) is 10.4 Å². The molecule has 0 aliphatic heterocycles. The van der Waals surface area contributed by atoms with Gasteiger partial charge in [0.05, 0.1) is 7.11 Å². The van der Waals surface area contributed by atoms with Crippen LogP contribution in [0.5, 0.6) is 0 Å². The zero-order chi connectivity index (χ0) is 14.5. The highest BCUT2D eigenvalue weighted by Gasteiger charge is 2.03. The number of ether oxygens (including phenoxy) is 1. The minimum Gasteiger partial charge on any atom is -0.466 e. The lowest BCUT2D eigenvalue weighted by Crippen LogP contribution is -1.92. The van der Waals surface area contributed by atoms with Crippen LogP contribution < -0.4 is 0 Å². The Morgan fingerprint density at radius 2 is 1.85 bits per heavy atom. The normalized spacial score (nSPS) is 11.2. The molecule has 1 heterocycles. The molecule has 1 aromatic carbocycles. The van der Waals surface area contributed by atoms with Crippen molar-refractivity contribution in [1.29, 1.82) is 0 Å². The molecule has 2 nitrogen and oxygen atoms in total. The largest absolute Gasteiger partial charge is 0.466 e. The van der Waals surface area contributed by atoms with Gasteiger partial charge in [0.1, 0.15) is 0 Å². The Bertz CT molecular complexity index is 606. The molecule has 20 heavy (non-hydrogen) atoms. The number of thiophene rings is 1. The van der Waals surface area contributed by atoms with Crippen molar-refractivity contribution in [2.24, 2.45) is 0 Å². The fraction of sp³-hybridized carbons (Fsp3) is 0.235. The smallest absolute Gasteiger partial charge is 0.330 e. The van der Waals surface area contributed by atoms with Crippen LogP contribution in [0.1, 0.15) is 30.2 Å². The second kappa shape index (κ2) is 6.53. The Kier molecular flexibility index (Phi) is 4.74. The van der Waals surface area contributed by atoms with Crippen molar-refractivity contribution in [3.05, 3.63) is 52.9 Å². The molecular weight excluding hydrogens is 268 g/mol. The number of hydrogen-bond donors (Lipinski definition) is 0. The molecule has 0 aliphatic carbocycles. The Morgan fingerprint density at radius 1 is 1.15 bits per heavy atom. The van der Waals surface area contributed by atoms with Crippen molar-refractivity contribution in [3.63, 3.8) is 0 Å². The highest BCUT2D eigenvalue weighted by atomic mass is 32.1. The van der Waals surface area contributed by atoms with Crippen LogP contribution in [0, 0.1) is 0 Å². The zero-order valence-corrected chi connectivity index (χ0v) is 12.7. The summed E-state index contributed by atoms with van der Waals surface area (Å²) in [5.74, 6) is 0.215. The maximum absolute atomic E-state index is 11.1. The molecule has 0 saturated heterocycles. The van der Waals surface area contributed by atoms with E-state index in [-0.39, 0.29) is 5.97 Å². The number of esters is 1. The average molecular weight is 286 g/mol. The Hall–Kier alpha value is -1.87. The van der Waals surface area contributed by atoms with Gasteiger partial charge in [0.2, 0.25) is 0 Å². The van der Waals surface area contributed by atoms with E-state index in [2.05, 4.69) is 48.9 Å². The zero-order valence-electron chi connectivity index (χ0n) is 11.9. The van der Waals surface area contributed by atoms with Crippen molar-refractivity contribution in [2.75, 3.05) is 7.11 Å². The topological polar surface area (TPSA) is 26.3 Å². The molecule has 0 radical (unpaired) electrons. The molecular formula is C17H18O2S. The van der Waals surface area contributed by atoms with Gasteiger partial charge >= 0.3 is 5.97 Å². The number of rotatable bonds is 4. The van der Waals surface area contributed by atoms with Gasteiger partial charge in [-0.25, -0.2) is 4.79 Å². The molecule has 0 saturated carbocycles. The molecule has 0 spiro atoms. The van der Waals surface area contributed by atoms with E-state index in [4.69, 9.17) is 0 Å². The molecule has 0 bridgehead atoms. The van der Waals surface area contributed by atoms with E-state index in [1.54, 1.807) is 17.4 Å². The van der Waals surface area contributed by atoms with Gasteiger partial charge < -0.3 is 4.74 Å². The number of benzene rings is 1. The van der Waals surface area contributed by atoms with E-state index >= 15 is 0 Å². The van der Waals surface area contributed by atoms with E-state index < -0.39 is 0 Å². The lowest BCUT2D eigenvalue weighted by Gasteiger charge is -2.05. The van der Waals surface area contributed by atoms with Gasteiger partial charge in [-0.05, 0) is 35.3 Å². The summed E-state index contributed by atoms with van der Waals surface area (Å²) in [6.45, 7) is 4.38. The van der Waals surface area contributed by atoms with Crippen molar-refractivity contribution in [2.45, 2.75) is 19.8 Å². The molecule has 2 rings (SSSR count). The first-order valence-corrected chi connectivity index (χ1v) is 7.38. The van der Waals surface area contributed by atoms with Gasteiger partial charge in [0.15, 0.2) is 0 Å². The van der Waals surface area contributed by atoms with Crippen LogP contribution in [0.15, 0.2) is 42.5 Å². The van der Waals surface area contributed by atoms with Crippen LogP contribution in [-0.2, 0) is 9.53 Å². The fourth-order valence-electron chi connectivity index (χ4n) is 1.85. The third kappa shape index (κ3) is 3.58. The molecule has 0 amide bonds. The first-order valence-electron chi connectivity index (χ1n) is 6.56. The summed E-state index contributed by atoms with van der Waals surface area (Å²) in [5, 5.41) is 0. The first kappa shape index (κ1) is 14.5. The Labute approximate surface area is 123 Å². The van der Waals surface area contributed by atoms with Crippen LogP contribution in [0.25, 0.3) is 16.5 Å². The Morgan fingerprint density at radius 3 is 2.45 bits per heavy atom. The van der Waals surface area contributed by atoms with Gasteiger partial charge in [-0.15, -0.1) is 11.3 Å². The lowest BCUT2D eigenvalue weighted by atomic mass is 10.0. The molecule has 0 unspecified atom stereocenters. The summed E-state index contributed by atoms with van der Waals surface area (Å²) in [4.78, 5) is 13.3. The molecule has 1 aromatic heterocycles. The summed E-state index contributed by atoms with van der Waals surface area (Å²) in [7, 11) is 1.38. The summed E-state index contributed by atoms with van der Waals surface area (Å²) >= 11 is 1.66. The minimum atomic E-state index is -0.332. The third-order valence-corrected chi connectivity index (χ3v) is 4.17. The van der Waals surface area contributed by atoms with Crippen LogP contribution in [0.2, 0.25) is 0 Å². The fourth-order valence-corrected chi connectivity index (χ4v) is 2.76. The SMILES string of the molecule is COC(=O)/C=C/c1ccc(-c2ccc(C(C)C)cc2)s1. The van der Waals surface area contributed by atoms with Crippen LogP contribution in [0.4, 0.5) is 0 Å². The molecule has 0 atom stereocenters. The number of methoxy groups -OCH3 is 1. The lowest BCUT2D eigenvalue weighted by molar-refractivity contribution is -0.134. The van der Waals surface area contributed by atoms with Crippen LogP contribution in [-0.4, -0.2) is 13.1 Å². The molecule has 0 aliphatic rings. The highest BCUT2D eigenvalue weighted by Crippen LogP contribution is 2.29. The summed E-state index contributed by atoms with van der Waals surface area (Å²) in [5.41, 5.74) is 2.55. The average Bonchev–Trinajstić information content (AvgIpc) is 2.93. The van der Waals surface area contributed by atoms with Crippen molar-refractivity contribution < 1.29 is 9.53 Å². The van der Waals surface area contributed by atoms with Gasteiger partial charge in [-0.2, -0.15) is 0 Å². The standard InChI is InChI=1S/C17H18O2S/c1-12(2)13-4-6-14(7-5-13)16-10-8-15(20-16)9-11-17(18)19-3/h4-12H,1-3H3/b11-9+. The van der Waals surface area contributed by atoms with Crippen LogP contribution in [0.3, 0.4) is 0 Å². The van der Waals surface area contributed by atoms with E-state index in [9.17, 15) is 4.79 Å². The number of hydrogen-bond acceptors (Lipinski definition) is 3. The van der Waals surface area contributed by atoms with Gasteiger partial charge in [-0.3, -0.25) is 0 Å². The second-order valence-electron chi connectivity index (χ2n) is 4.84. The Balaban J connectivity index is 2.16. The van der Waals surface area contributed by atoms with Crippen LogP contribution >= 0.6 is 11.3 Å². The monoisotopic (exact) mass is 286 g/mol. The predicted octanol–water partition coefficient (Wildman–Crippen LogP) is 4.72. The maximum atomic E-state index is 11.1. The molecule has 104 valence electrons. The quantitative estimate of drug-likeness (QED) is 0.600. The third-order valence-electron chi connectivity index (χ3n) is 3.07. The summed E-state index contributed by atoms with van der Waals surface area (Å²) < 4.78 is 4.58. The van der Waals surface area contributed by atoms with E-state index in [1.165, 1.54) is 29.2 Å². The highest BCUT2D eigenvalue weighted by molar-refractivity contribution is 7.16. The first-order chi connectivity index (χ1) is 9.60. The maximum Gasteiger partial charge on any atom is 0.330 e. The van der Waals surface area contributed by atoms with Crippen molar-refractivity contribution >= 4 is 23.4 Å². The second-order valence-corrected chi connectivity index (χ2v) is 5.95. The van der Waals surface area contributed by atoms with Crippen molar-refractivity contribution in [1.82, 2.24) is 0 Å². The minimum absolute atomic E-state index is 0.332. The molecule has 0 N–H and O–H groups in total. The summed E-state index contributed by atoms with van der Waals surface area (Å²) in [6.07, 6.45) is 3.22. The van der Waals surface area contributed by atoms with E-state index in [1.807, 2.05) is 6.07 Å². The molecule has 0 fully saturated rings. The van der Waals surface area contributed by atoms with Gasteiger partial charge in [0, 0.05) is 15.8 Å². The molecule has 3 heteroatoms. The van der Waals surface area contributed by atoms with Gasteiger partial charge in [0.25, 0.3) is 0 Å². The predicted molar refractivity (Wildman–Crippen MR) is 84.9 cm³/mol. The summed E-state index contributed by atoms with van der Waals surface area (Å²) in [6, 6.07) is 12.7. The van der Waals surface area contributed by atoms with E-state index in [0.717, 1.165) is 4.88 Å².